The lowest BCUT2D eigenvalue weighted by molar-refractivity contribution is 0.461. The van der Waals surface area contributed by atoms with Gasteiger partial charge in [-0.1, -0.05) is 84.5 Å². The van der Waals surface area contributed by atoms with Crippen LogP contribution in [0, 0.1) is 11.8 Å². The Bertz CT molecular complexity index is 678. The maximum absolute atomic E-state index is 2.56. The van der Waals surface area contributed by atoms with Gasteiger partial charge < -0.3 is 0 Å². The van der Waals surface area contributed by atoms with Gasteiger partial charge in [0.25, 0.3) is 0 Å². The number of hydrogen-bond donors (Lipinski definition) is 0. The molecule has 1 saturated carbocycles. The monoisotopic (exact) mass is 286 g/mol. The Hall–Kier alpha value is -2.08. The summed E-state index contributed by atoms with van der Waals surface area (Å²) in [4.78, 5) is 0. The third-order valence-corrected chi connectivity index (χ3v) is 5.22. The lowest BCUT2D eigenvalue weighted by atomic mass is 9.82. The van der Waals surface area contributed by atoms with E-state index in [0.29, 0.717) is 11.8 Å². The third kappa shape index (κ3) is 2.54. The van der Waals surface area contributed by atoms with Gasteiger partial charge in [0.2, 0.25) is 0 Å². The van der Waals surface area contributed by atoms with E-state index in [1.807, 2.05) is 0 Å². The molecule has 0 bridgehead atoms. The molecule has 0 aromatic heterocycles. The van der Waals surface area contributed by atoms with Crippen LogP contribution in [0.1, 0.15) is 36.3 Å². The molecule has 0 heterocycles. The lowest BCUT2D eigenvalue weighted by Gasteiger charge is -2.22. The Balaban J connectivity index is 1.65. The van der Waals surface area contributed by atoms with Crippen LogP contribution in [0.15, 0.2) is 78.4 Å². The van der Waals surface area contributed by atoms with Crippen molar-refractivity contribution in [1.82, 2.24) is 0 Å². The molecule has 0 aliphatic heterocycles. The van der Waals surface area contributed by atoms with Crippen LogP contribution in [0.4, 0.5) is 0 Å². The van der Waals surface area contributed by atoms with Crippen molar-refractivity contribution in [3.8, 4) is 0 Å². The molecule has 0 amide bonds. The summed E-state index contributed by atoms with van der Waals surface area (Å²) in [7, 11) is 0. The second-order valence-corrected chi connectivity index (χ2v) is 6.52. The summed E-state index contributed by atoms with van der Waals surface area (Å²) in [6.45, 7) is 0. The quantitative estimate of drug-likeness (QED) is 0.622. The molecule has 0 N–H and O–H groups in total. The maximum Gasteiger partial charge on any atom is 0.00894 e. The summed E-state index contributed by atoms with van der Waals surface area (Å²) in [6, 6.07) is 21.7. The Kier molecular flexibility index (Phi) is 3.68. The van der Waals surface area contributed by atoms with E-state index in [2.05, 4.69) is 78.9 Å². The zero-order valence-corrected chi connectivity index (χ0v) is 12.9. The summed E-state index contributed by atoms with van der Waals surface area (Å²) in [6.07, 6.45) is 11.4. The van der Waals surface area contributed by atoms with E-state index in [9.17, 15) is 0 Å². The van der Waals surface area contributed by atoms with E-state index in [1.165, 1.54) is 30.4 Å². The van der Waals surface area contributed by atoms with E-state index in [4.69, 9.17) is 0 Å². The first-order valence-corrected chi connectivity index (χ1v) is 8.40. The largest absolute Gasteiger partial charge is 0.0793 e. The minimum atomic E-state index is 0.557. The second-order valence-electron chi connectivity index (χ2n) is 6.52. The lowest BCUT2D eigenvalue weighted by Crippen LogP contribution is -2.12. The molecule has 1 fully saturated rings. The first-order chi connectivity index (χ1) is 10.9. The van der Waals surface area contributed by atoms with Crippen LogP contribution in [0.3, 0.4) is 0 Å². The Morgan fingerprint density at radius 2 is 1.59 bits per heavy atom. The highest BCUT2D eigenvalue weighted by Gasteiger charge is 2.38. The molecule has 110 valence electrons. The summed E-state index contributed by atoms with van der Waals surface area (Å²) >= 11 is 0. The first kappa shape index (κ1) is 13.6. The molecule has 4 rings (SSSR count). The fourth-order valence-corrected chi connectivity index (χ4v) is 4.17. The fraction of sp³-hybridized carbons (Fsp3) is 0.273. The maximum atomic E-state index is 2.56. The zero-order chi connectivity index (χ0) is 14.8. The summed E-state index contributed by atoms with van der Waals surface area (Å²) in [5.41, 5.74) is 4.48. The van der Waals surface area contributed by atoms with Crippen LogP contribution >= 0.6 is 0 Å². The van der Waals surface area contributed by atoms with Crippen molar-refractivity contribution in [2.24, 2.45) is 11.8 Å². The predicted octanol–water partition coefficient (Wildman–Crippen LogP) is 5.84. The van der Waals surface area contributed by atoms with Crippen LogP contribution in [-0.2, 0) is 0 Å². The molecular formula is C22H22. The van der Waals surface area contributed by atoms with Crippen molar-refractivity contribution in [3.05, 3.63) is 89.5 Å². The van der Waals surface area contributed by atoms with Crippen molar-refractivity contribution < 1.29 is 0 Å². The van der Waals surface area contributed by atoms with Crippen molar-refractivity contribution in [3.63, 3.8) is 0 Å². The molecule has 2 aliphatic carbocycles. The number of benzene rings is 2. The van der Waals surface area contributed by atoms with Gasteiger partial charge in [0.1, 0.15) is 0 Å². The molecule has 3 unspecified atom stereocenters. The fourth-order valence-electron chi connectivity index (χ4n) is 4.17. The summed E-state index contributed by atoms with van der Waals surface area (Å²) < 4.78 is 0. The van der Waals surface area contributed by atoms with Gasteiger partial charge in [-0.05, 0) is 42.2 Å². The van der Waals surface area contributed by atoms with Crippen LogP contribution in [-0.4, -0.2) is 0 Å². The molecule has 0 heteroatoms. The van der Waals surface area contributed by atoms with Crippen LogP contribution in [0.25, 0.3) is 6.08 Å². The molecule has 0 spiro atoms. The highest BCUT2D eigenvalue weighted by Crippen LogP contribution is 2.50. The van der Waals surface area contributed by atoms with Gasteiger partial charge in [0.15, 0.2) is 0 Å². The number of hydrogen-bond acceptors (Lipinski definition) is 0. The molecule has 0 saturated heterocycles. The average Bonchev–Trinajstić information content (AvgIpc) is 3.16. The molecule has 2 aliphatic rings. The van der Waals surface area contributed by atoms with E-state index in [-0.39, 0.29) is 0 Å². The normalized spacial score (nSPS) is 27.1. The van der Waals surface area contributed by atoms with Gasteiger partial charge in [-0.25, -0.2) is 0 Å². The topological polar surface area (TPSA) is 0 Å². The SMILES string of the molecule is C1=C2CCCC2C(/C=C/c2ccccc2)C1c1ccccc1. The van der Waals surface area contributed by atoms with Crippen molar-refractivity contribution in [2.75, 3.05) is 0 Å². The van der Waals surface area contributed by atoms with Gasteiger partial charge in [-0.3, -0.25) is 0 Å². The van der Waals surface area contributed by atoms with Crippen LogP contribution in [0.5, 0.6) is 0 Å². The molecular weight excluding hydrogens is 264 g/mol. The minimum absolute atomic E-state index is 0.557. The van der Waals surface area contributed by atoms with E-state index in [1.54, 1.807) is 5.57 Å². The molecule has 22 heavy (non-hydrogen) atoms. The minimum Gasteiger partial charge on any atom is -0.0793 e. The Morgan fingerprint density at radius 3 is 2.36 bits per heavy atom. The van der Waals surface area contributed by atoms with Gasteiger partial charge in [0, 0.05) is 5.92 Å². The van der Waals surface area contributed by atoms with Crippen molar-refractivity contribution >= 4 is 6.08 Å². The standard InChI is InChI=1S/C22H22/c1-3-8-17(9-4-1)14-15-21-20-13-7-12-19(20)16-22(21)18-10-5-2-6-11-18/h1-6,8-11,14-16,20-22H,7,12-13H2/b15-14+. The molecule has 2 aromatic rings. The van der Waals surface area contributed by atoms with Gasteiger partial charge in [0.05, 0.1) is 0 Å². The number of rotatable bonds is 3. The second kappa shape index (κ2) is 5.96. The highest BCUT2D eigenvalue weighted by atomic mass is 14.4. The highest BCUT2D eigenvalue weighted by molar-refractivity contribution is 5.51. The Labute approximate surface area is 133 Å². The first-order valence-electron chi connectivity index (χ1n) is 8.40. The van der Waals surface area contributed by atoms with Crippen LogP contribution < -0.4 is 0 Å². The Morgan fingerprint density at radius 1 is 0.864 bits per heavy atom. The summed E-state index contributed by atoms with van der Waals surface area (Å²) in [5.74, 6) is 1.95. The number of fused-ring (bicyclic) bond motifs is 1. The average molecular weight is 286 g/mol. The van der Waals surface area contributed by atoms with E-state index >= 15 is 0 Å². The molecule has 3 atom stereocenters. The van der Waals surface area contributed by atoms with E-state index in [0.717, 1.165) is 5.92 Å². The zero-order valence-electron chi connectivity index (χ0n) is 12.9. The van der Waals surface area contributed by atoms with E-state index < -0.39 is 0 Å². The van der Waals surface area contributed by atoms with Crippen LogP contribution in [0.2, 0.25) is 0 Å². The van der Waals surface area contributed by atoms with Gasteiger partial charge in [-0.2, -0.15) is 0 Å². The summed E-state index contributed by atoms with van der Waals surface area (Å²) in [5, 5.41) is 0. The number of allylic oxidation sites excluding steroid dienone is 3. The molecule has 2 aromatic carbocycles. The van der Waals surface area contributed by atoms with Crippen molar-refractivity contribution in [2.45, 2.75) is 25.2 Å². The molecule has 0 radical (unpaired) electrons. The smallest absolute Gasteiger partial charge is 0.00894 e. The molecule has 0 nitrogen and oxygen atoms in total. The van der Waals surface area contributed by atoms with Crippen molar-refractivity contribution in [1.29, 1.82) is 0 Å². The predicted molar refractivity (Wildman–Crippen MR) is 93.6 cm³/mol. The van der Waals surface area contributed by atoms with Gasteiger partial charge in [-0.15, -0.1) is 0 Å². The third-order valence-electron chi connectivity index (χ3n) is 5.22. The van der Waals surface area contributed by atoms with Gasteiger partial charge >= 0.3 is 0 Å².